The van der Waals surface area contributed by atoms with Crippen LogP contribution in [0, 0.1) is 16.7 Å². The molecule has 24 heavy (non-hydrogen) atoms. The lowest BCUT2D eigenvalue weighted by atomic mass is 9.64. The molecule has 2 rings (SSSR count). The zero-order valence-corrected chi connectivity index (χ0v) is 16.5. The van der Waals surface area contributed by atoms with Crippen LogP contribution in [0.25, 0.3) is 0 Å². The van der Waals surface area contributed by atoms with Gasteiger partial charge in [-0.1, -0.05) is 12.2 Å². The van der Waals surface area contributed by atoms with E-state index >= 15 is 0 Å². The summed E-state index contributed by atoms with van der Waals surface area (Å²) in [6.45, 7) is 9.52. The fourth-order valence-electron chi connectivity index (χ4n) is 4.58. The Morgan fingerprint density at radius 1 is 1.17 bits per heavy atom. The van der Waals surface area contributed by atoms with Gasteiger partial charge >= 0.3 is 14.8 Å². The Balaban J connectivity index is 2.05. The molecule has 2 aliphatic rings. The molecule has 1 fully saturated rings. The summed E-state index contributed by atoms with van der Waals surface area (Å²) in [4.78, 5) is 11.9. The lowest BCUT2D eigenvalue weighted by Gasteiger charge is -2.39. The van der Waals surface area contributed by atoms with E-state index in [-0.39, 0.29) is 5.41 Å². The van der Waals surface area contributed by atoms with E-state index in [0.29, 0.717) is 25.7 Å². The standard InChI is InChI=1S/C18H32O5Si/c1-5-21-24(22-6-2,23-7-3)12-8-10-18-11-9-15(14-18)13-17(18,4)16(19)20/h9,11,15H,5-8,10,12-14H2,1-4H3,(H,19,20). The van der Waals surface area contributed by atoms with Crippen molar-refractivity contribution in [2.24, 2.45) is 16.7 Å². The van der Waals surface area contributed by atoms with Gasteiger partial charge in [0.05, 0.1) is 5.41 Å². The van der Waals surface area contributed by atoms with Gasteiger partial charge in [-0.2, -0.15) is 0 Å². The first-order chi connectivity index (χ1) is 11.4. The summed E-state index contributed by atoms with van der Waals surface area (Å²) in [5.41, 5.74) is -0.881. The Morgan fingerprint density at radius 3 is 2.21 bits per heavy atom. The van der Waals surface area contributed by atoms with Crippen molar-refractivity contribution in [1.82, 2.24) is 0 Å². The molecule has 2 aliphatic carbocycles. The minimum absolute atomic E-state index is 0.228. The molecule has 0 heterocycles. The fraction of sp³-hybridized carbons (Fsp3) is 0.833. The molecule has 3 unspecified atom stereocenters. The highest BCUT2D eigenvalue weighted by Crippen LogP contribution is 2.63. The number of aliphatic carboxylic acids is 1. The van der Waals surface area contributed by atoms with Gasteiger partial charge in [0.25, 0.3) is 0 Å². The average Bonchev–Trinajstić information content (AvgIpc) is 3.04. The van der Waals surface area contributed by atoms with Crippen molar-refractivity contribution < 1.29 is 23.2 Å². The van der Waals surface area contributed by atoms with Crippen LogP contribution in [0.2, 0.25) is 6.04 Å². The first-order valence-electron chi connectivity index (χ1n) is 9.21. The zero-order valence-electron chi connectivity index (χ0n) is 15.5. The van der Waals surface area contributed by atoms with Crippen molar-refractivity contribution in [2.45, 2.75) is 59.4 Å². The molecule has 138 valence electrons. The number of rotatable bonds is 11. The molecular formula is C18H32O5Si. The van der Waals surface area contributed by atoms with E-state index in [1.54, 1.807) is 0 Å². The molecular weight excluding hydrogens is 324 g/mol. The normalized spacial score (nSPS) is 31.8. The second-order valence-corrected chi connectivity index (χ2v) is 9.89. The Morgan fingerprint density at radius 2 is 1.75 bits per heavy atom. The van der Waals surface area contributed by atoms with E-state index in [9.17, 15) is 9.90 Å². The number of hydrogen-bond acceptors (Lipinski definition) is 4. The van der Waals surface area contributed by atoms with Crippen molar-refractivity contribution in [3.05, 3.63) is 12.2 Å². The summed E-state index contributed by atoms with van der Waals surface area (Å²) in [5.74, 6) is -0.254. The summed E-state index contributed by atoms with van der Waals surface area (Å²) < 4.78 is 17.7. The van der Waals surface area contributed by atoms with Crippen molar-refractivity contribution >= 4 is 14.8 Å². The number of carboxylic acid groups (broad SMARTS) is 1. The highest BCUT2D eigenvalue weighted by Gasteiger charge is 2.60. The van der Waals surface area contributed by atoms with E-state index in [2.05, 4.69) is 12.2 Å². The molecule has 1 N–H and O–H groups in total. The van der Waals surface area contributed by atoms with Gasteiger partial charge in [-0.05, 0) is 59.3 Å². The molecule has 2 bridgehead atoms. The summed E-state index contributed by atoms with van der Waals surface area (Å²) in [6, 6.07) is 0.748. The Labute approximate surface area is 146 Å². The quantitative estimate of drug-likeness (QED) is 0.450. The van der Waals surface area contributed by atoms with Gasteiger partial charge in [0.15, 0.2) is 0 Å². The lowest BCUT2D eigenvalue weighted by Crippen LogP contribution is -2.46. The maximum atomic E-state index is 11.9. The molecule has 0 radical (unpaired) electrons. The third kappa shape index (κ3) is 3.47. The van der Waals surface area contributed by atoms with Crippen molar-refractivity contribution in [1.29, 1.82) is 0 Å². The van der Waals surface area contributed by atoms with E-state index in [1.807, 2.05) is 27.7 Å². The van der Waals surface area contributed by atoms with Crippen LogP contribution in [0.1, 0.15) is 53.4 Å². The van der Waals surface area contributed by atoms with Crippen LogP contribution < -0.4 is 0 Å². The number of carbonyl (C=O) groups is 1. The molecule has 0 saturated heterocycles. The van der Waals surface area contributed by atoms with E-state index in [0.717, 1.165) is 31.7 Å². The minimum atomic E-state index is -2.64. The number of allylic oxidation sites excluding steroid dienone is 2. The molecule has 5 nitrogen and oxygen atoms in total. The number of carboxylic acids is 1. The van der Waals surface area contributed by atoms with Crippen LogP contribution in [0.3, 0.4) is 0 Å². The van der Waals surface area contributed by atoms with Gasteiger partial charge in [0, 0.05) is 31.3 Å². The predicted octanol–water partition coefficient (Wildman–Crippen LogP) is 3.87. The van der Waals surface area contributed by atoms with Crippen LogP contribution in [0.5, 0.6) is 0 Å². The summed E-state index contributed by atoms with van der Waals surface area (Å²) in [6.07, 6.45) is 7.81. The molecule has 0 aliphatic heterocycles. The van der Waals surface area contributed by atoms with E-state index in [4.69, 9.17) is 13.3 Å². The maximum Gasteiger partial charge on any atom is 0.500 e. The van der Waals surface area contributed by atoms with E-state index in [1.165, 1.54) is 0 Å². The zero-order chi connectivity index (χ0) is 17.8. The van der Waals surface area contributed by atoms with Crippen molar-refractivity contribution in [3.8, 4) is 0 Å². The Hall–Kier alpha value is -0.693. The predicted molar refractivity (Wildman–Crippen MR) is 94.7 cm³/mol. The third-order valence-corrected chi connectivity index (χ3v) is 8.91. The molecule has 0 spiro atoms. The van der Waals surface area contributed by atoms with Crippen LogP contribution in [-0.2, 0) is 18.1 Å². The topological polar surface area (TPSA) is 65.0 Å². The van der Waals surface area contributed by atoms with Gasteiger partial charge in [0.2, 0.25) is 0 Å². The first-order valence-corrected chi connectivity index (χ1v) is 11.1. The Kier molecular flexibility index (Phi) is 6.28. The summed E-state index contributed by atoms with van der Waals surface area (Å²) in [5, 5.41) is 9.77. The molecule has 0 amide bonds. The molecule has 3 atom stereocenters. The largest absolute Gasteiger partial charge is 0.500 e. The van der Waals surface area contributed by atoms with Gasteiger partial charge in [0.1, 0.15) is 0 Å². The molecule has 1 saturated carbocycles. The van der Waals surface area contributed by atoms with Gasteiger partial charge < -0.3 is 18.4 Å². The Bertz CT molecular complexity index is 463. The van der Waals surface area contributed by atoms with Gasteiger partial charge in [-0.25, -0.2) is 0 Å². The molecule has 0 aromatic heterocycles. The van der Waals surface area contributed by atoms with Crippen LogP contribution in [0.15, 0.2) is 12.2 Å². The minimum Gasteiger partial charge on any atom is -0.481 e. The fourth-order valence-corrected chi connectivity index (χ4v) is 7.20. The second-order valence-electron chi connectivity index (χ2n) is 7.16. The van der Waals surface area contributed by atoms with Crippen molar-refractivity contribution in [2.75, 3.05) is 19.8 Å². The summed E-state index contributed by atoms with van der Waals surface area (Å²) >= 11 is 0. The van der Waals surface area contributed by atoms with Crippen molar-refractivity contribution in [3.63, 3.8) is 0 Å². The first kappa shape index (κ1) is 19.6. The second kappa shape index (κ2) is 7.68. The van der Waals surface area contributed by atoms with Crippen LogP contribution in [0.4, 0.5) is 0 Å². The number of hydrogen-bond donors (Lipinski definition) is 1. The van der Waals surface area contributed by atoms with Crippen LogP contribution in [-0.4, -0.2) is 39.7 Å². The SMILES string of the molecule is CCO[Si](CCCC12C=CC(C1)CC2(C)C(=O)O)(OCC)OCC. The summed E-state index contributed by atoms with van der Waals surface area (Å²) in [7, 11) is -2.64. The highest BCUT2D eigenvalue weighted by molar-refractivity contribution is 6.60. The number of fused-ring (bicyclic) bond motifs is 2. The maximum absolute atomic E-state index is 11.9. The highest BCUT2D eigenvalue weighted by atomic mass is 28.4. The average molecular weight is 357 g/mol. The smallest absolute Gasteiger partial charge is 0.481 e. The molecule has 6 heteroatoms. The lowest BCUT2D eigenvalue weighted by molar-refractivity contribution is -0.153. The van der Waals surface area contributed by atoms with Gasteiger partial charge in [-0.3, -0.25) is 4.79 Å². The molecule has 0 aromatic rings. The van der Waals surface area contributed by atoms with E-state index < -0.39 is 20.2 Å². The van der Waals surface area contributed by atoms with Crippen LogP contribution >= 0.6 is 0 Å². The third-order valence-electron chi connectivity index (χ3n) is 5.75. The van der Waals surface area contributed by atoms with Gasteiger partial charge in [-0.15, -0.1) is 0 Å². The molecule has 0 aromatic carbocycles. The monoisotopic (exact) mass is 356 g/mol.